The third kappa shape index (κ3) is 3.81. The molecule has 1 aromatic rings. The van der Waals surface area contributed by atoms with E-state index >= 15 is 0 Å². The van der Waals surface area contributed by atoms with Crippen molar-refractivity contribution < 1.29 is 62.8 Å². The maximum Gasteiger partial charge on any atom is 0.174 e. The van der Waals surface area contributed by atoms with E-state index in [1.165, 1.54) is 16.7 Å². The molecule has 1 spiro atoms. The minimum absolute atomic E-state index is 0. The summed E-state index contributed by atoms with van der Waals surface area (Å²) in [4.78, 5) is 0. The summed E-state index contributed by atoms with van der Waals surface area (Å²) >= 11 is 1.05. The molecule has 1 saturated heterocycles. The Morgan fingerprint density at radius 3 is 3.07 bits per heavy atom. The summed E-state index contributed by atoms with van der Waals surface area (Å²) in [5.41, 5.74) is 3.91. The number of aliphatic hydroxyl groups is 1. The zero-order valence-corrected chi connectivity index (χ0v) is 23.8. The number of rotatable bonds is 5. The normalized spacial score (nSPS) is 36.7. The Bertz CT molecular complexity index is 874. The zero-order valence-electron chi connectivity index (χ0n) is 19.4. The molecule has 4 aliphatic rings. The monoisotopic (exact) mass is 661 g/mol. The number of ether oxygens (including phenoxy) is 2. The molecule has 1 aromatic carbocycles. The molecule has 0 bridgehead atoms. The maximum absolute atomic E-state index is 9.83. The van der Waals surface area contributed by atoms with Crippen LogP contribution >= 0.6 is 19.3 Å². The fourth-order valence-corrected chi connectivity index (χ4v) is 7.43. The minimum Gasteiger partial charge on any atom is -0.423 e. The predicted octanol–water partition coefficient (Wildman–Crippen LogP) is 4.25. The summed E-state index contributed by atoms with van der Waals surface area (Å²) < 4.78 is 33.1. The van der Waals surface area contributed by atoms with Gasteiger partial charge in [0.05, 0.1) is 32.8 Å². The van der Waals surface area contributed by atoms with Gasteiger partial charge in [0.25, 0.3) is 0 Å². The second kappa shape index (κ2) is 9.66. The molecule has 30 heavy (non-hydrogen) atoms. The number of hydrogen-bond acceptors (Lipinski definition) is 5. The van der Waals surface area contributed by atoms with E-state index < -0.39 is 13.4 Å². The van der Waals surface area contributed by atoms with Crippen LogP contribution in [0.4, 0.5) is 0 Å². The molecule has 2 saturated carbocycles. The molecular weight excluding hydrogens is 629 g/mol. The van der Waals surface area contributed by atoms with Crippen molar-refractivity contribution in [2.45, 2.75) is 50.7 Å². The van der Waals surface area contributed by atoms with Gasteiger partial charge in [0.1, 0.15) is 13.3 Å². The standard InChI is InChI=1S/C22H29BO4PS.Ac/c1-21-13-15(7-9-24)20-17-5-3-16(27-29-28-23)12-14(17)2-4-18(20)19(21)6-8-22(21)25-10-11-26-22;/h3,5,7,12,18-20,23-24,28H,2,4,6,8-11,13H2,1H3;/b15-7+;/i23T,28D;. The second-order valence-corrected chi connectivity index (χ2v) is 10.6. The quantitative estimate of drug-likeness (QED) is 0.222. The first-order valence-electron chi connectivity index (χ1n) is 11.6. The molecule has 3 fully saturated rings. The first-order chi connectivity index (χ1) is 15.0. The fraction of sp³-hybridized carbons (Fsp3) is 0.636. The average molecular weight is 661 g/mol. The molecule has 1 heterocycles. The molecule has 3 aliphatic carbocycles. The summed E-state index contributed by atoms with van der Waals surface area (Å²) in [6.45, 7) is 3.76. The van der Waals surface area contributed by atoms with Crippen LogP contribution in [-0.4, -0.2) is 40.9 Å². The van der Waals surface area contributed by atoms with Gasteiger partial charge in [-0.3, -0.25) is 0 Å². The SMILES string of the molecule is [2H]P([B][3H])SOc1ccc2c(c1)CCC1C2/C(=C/CO)CC2(C)C1CCC21OCCO1.[Ac]. The molecule has 8 heteroatoms. The summed E-state index contributed by atoms with van der Waals surface area (Å²) in [5, 5.41) is 9.83. The molecule has 1 N–H and O–H groups in total. The second-order valence-electron chi connectivity index (χ2n) is 8.95. The predicted molar refractivity (Wildman–Crippen MR) is 120 cm³/mol. The van der Waals surface area contributed by atoms with Gasteiger partial charge in [0.15, 0.2) is 5.79 Å². The number of allylic oxidation sites excluding steroid dienone is 1. The van der Waals surface area contributed by atoms with Gasteiger partial charge in [-0.15, -0.1) is 0 Å². The Morgan fingerprint density at radius 1 is 1.47 bits per heavy atom. The van der Waals surface area contributed by atoms with E-state index in [1.54, 1.807) is 0 Å². The van der Waals surface area contributed by atoms with Gasteiger partial charge in [-0.2, -0.15) is 0 Å². The van der Waals surface area contributed by atoms with Gasteiger partial charge >= 0.3 is 0 Å². The van der Waals surface area contributed by atoms with Gasteiger partial charge in [0.2, 0.25) is 0 Å². The van der Waals surface area contributed by atoms with Gasteiger partial charge in [0, 0.05) is 61.8 Å². The average Bonchev–Trinajstić information content (AvgIpc) is 3.37. The van der Waals surface area contributed by atoms with Gasteiger partial charge in [-0.05, 0) is 62.1 Å². The van der Waals surface area contributed by atoms with E-state index in [-0.39, 0.29) is 56.1 Å². The van der Waals surface area contributed by atoms with Crippen molar-refractivity contribution in [3.05, 3.63) is 41.0 Å². The largest absolute Gasteiger partial charge is 0.423 e. The smallest absolute Gasteiger partial charge is 0.174 e. The topological polar surface area (TPSA) is 47.9 Å². The Labute approximate surface area is 224 Å². The molecule has 5 atom stereocenters. The van der Waals surface area contributed by atoms with Crippen LogP contribution in [0.5, 0.6) is 5.75 Å². The van der Waals surface area contributed by atoms with Crippen molar-refractivity contribution in [2.75, 3.05) is 19.8 Å². The summed E-state index contributed by atoms with van der Waals surface area (Å²) in [6.07, 6.45) is 7.13. The summed E-state index contributed by atoms with van der Waals surface area (Å²) in [5.74, 6) is 1.68. The fourth-order valence-electron chi connectivity index (χ4n) is 6.81. The van der Waals surface area contributed by atoms with Gasteiger partial charge in [-0.1, -0.05) is 32.2 Å². The van der Waals surface area contributed by atoms with E-state index in [0.717, 1.165) is 57.0 Å². The van der Waals surface area contributed by atoms with E-state index in [1.807, 2.05) is 12.1 Å². The van der Waals surface area contributed by atoms with E-state index in [0.29, 0.717) is 31.0 Å². The number of benzene rings is 1. The van der Waals surface area contributed by atoms with Crippen molar-refractivity contribution in [3.8, 4) is 5.75 Å². The maximum atomic E-state index is 9.83. The van der Waals surface area contributed by atoms with E-state index in [4.69, 9.17) is 16.3 Å². The molecule has 2 radical (unpaired) electrons. The van der Waals surface area contributed by atoms with Crippen molar-refractivity contribution in [3.63, 3.8) is 0 Å². The van der Waals surface area contributed by atoms with Crippen molar-refractivity contribution in [2.24, 2.45) is 17.3 Å². The van der Waals surface area contributed by atoms with E-state index in [9.17, 15) is 5.11 Å². The Morgan fingerprint density at radius 2 is 2.30 bits per heavy atom. The number of hydrogen-bond donors (Lipinski definition) is 1. The minimum atomic E-state index is -1.33. The summed E-state index contributed by atoms with van der Waals surface area (Å²) in [7, 11) is -0.207. The van der Waals surface area contributed by atoms with Crippen molar-refractivity contribution >= 4 is 26.8 Å². The molecule has 5 unspecified atom stereocenters. The third-order valence-electron chi connectivity index (χ3n) is 7.87. The first-order valence-corrected chi connectivity index (χ1v) is 12.9. The molecular formula is C22H29AcBO4PS. The third-order valence-corrected chi connectivity index (χ3v) is 8.70. The molecule has 0 aromatic heterocycles. The first kappa shape index (κ1) is 21.5. The molecule has 1 aliphatic heterocycles. The Hall–Kier alpha value is 0.926. The zero-order chi connectivity index (χ0) is 21.6. The van der Waals surface area contributed by atoms with Crippen molar-refractivity contribution in [1.82, 2.24) is 0 Å². The van der Waals surface area contributed by atoms with Gasteiger partial charge < -0.3 is 18.8 Å². The molecule has 4 nitrogen and oxygen atoms in total. The molecule has 5 rings (SSSR count). The Balaban J connectivity index is 0.00000245. The van der Waals surface area contributed by atoms with Crippen LogP contribution in [0.1, 0.15) is 49.7 Å². The van der Waals surface area contributed by atoms with Crippen LogP contribution in [0.3, 0.4) is 0 Å². The van der Waals surface area contributed by atoms with Crippen LogP contribution in [0.2, 0.25) is 0 Å². The van der Waals surface area contributed by atoms with Crippen LogP contribution in [0.15, 0.2) is 29.8 Å². The number of aryl methyl sites for hydroxylation is 1. The number of fused-ring (bicyclic) bond motifs is 6. The van der Waals surface area contributed by atoms with E-state index in [2.05, 4.69) is 19.1 Å². The van der Waals surface area contributed by atoms with Crippen LogP contribution in [0.25, 0.3) is 0 Å². The van der Waals surface area contributed by atoms with Crippen LogP contribution in [-0.2, 0) is 15.9 Å². The molecule has 0 amide bonds. The van der Waals surface area contributed by atoms with Crippen LogP contribution < -0.4 is 4.18 Å². The van der Waals surface area contributed by atoms with Gasteiger partial charge in [-0.25, -0.2) is 0 Å². The number of aliphatic hydroxyl groups excluding tert-OH is 1. The summed E-state index contributed by atoms with van der Waals surface area (Å²) in [6, 6.07) is 6.28. The Kier molecular flexibility index (Phi) is 6.91. The van der Waals surface area contributed by atoms with Crippen molar-refractivity contribution in [1.29, 1.82) is 2.61 Å². The van der Waals surface area contributed by atoms with Crippen LogP contribution in [0, 0.1) is 61.3 Å². The molecule has 158 valence electrons.